The predicted molar refractivity (Wildman–Crippen MR) is 78.4 cm³/mol. The average Bonchev–Trinajstić information content (AvgIpc) is 2.84. The molecule has 1 aliphatic heterocycles. The maximum absolute atomic E-state index is 4.85. The van der Waals surface area contributed by atoms with Gasteiger partial charge in [-0.2, -0.15) is 0 Å². The van der Waals surface area contributed by atoms with Gasteiger partial charge in [0.1, 0.15) is 5.65 Å². The van der Waals surface area contributed by atoms with E-state index in [1.54, 1.807) is 0 Å². The molecular formula is C16H23N3. The zero-order chi connectivity index (χ0) is 13.4. The van der Waals surface area contributed by atoms with Gasteiger partial charge in [-0.05, 0) is 52.3 Å². The van der Waals surface area contributed by atoms with Crippen LogP contribution in [-0.2, 0) is 0 Å². The molecule has 19 heavy (non-hydrogen) atoms. The summed E-state index contributed by atoms with van der Waals surface area (Å²) in [4.78, 5) is 7.45. The molecule has 1 saturated heterocycles. The zero-order valence-corrected chi connectivity index (χ0v) is 12.1. The summed E-state index contributed by atoms with van der Waals surface area (Å²) in [6, 6.07) is 7.41. The highest BCUT2D eigenvalue weighted by atomic mass is 15.2. The first-order valence-corrected chi connectivity index (χ1v) is 7.37. The maximum Gasteiger partial charge on any atom is 0.137 e. The molecule has 0 radical (unpaired) electrons. The lowest BCUT2D eigenvalue weighted by Crippen LogP contribution is -2.38. The summed E-state index contributed by atoms with van der Waals surface area (Å²) in [5.74, 6) is 0. The Balaban J connectivity index is 2.00. The molecule has 0 N–H and O–H groups in total. The van der Waals surface area contributed by atoms with E-state index in [-0.39, 0.29) is 0 Å². The number of rotatable bonds is 2. The first-order chi connectivity index (χ1) is 9.16. The van der Waals surface area contributed by atoms with E-state index in [1.165, 1.54) is 37.2 Å². The predicted octanol–water partition coefficient (Wildman–Crippen LogP) is 3.58. The van der Waals surface area contributed by atoms with Gasteiger partial charge in [0.05, 0.1) is 11.7 Å². The summed E-state index contributed by atoms with van der Waals surface area (Å²) in [5, 5.41) is 0. The molecular weight excluding hydrogens is 234 g/mol. The lowest BCUT2D eigenvalue weighted by Gasteiger charge is -2.37. The molecule has 1 atom stereocenters. The number of likely N-dealkylation sites (tertiary alicyclic amines) is 1. The van der Waals surface area contributed by atoms with E-state index < -0.39 is 0 Å². The fraction of sp³-hybridized carbons (Fsp3) is 0.562. The quantitative estimate of drug-likeness (QED) is 0.819. The Morgan fingerprint density at radius 3 is 2.84 bits per heavy atom. The second-order valence-corrected chi connectivity index (χ2v) is 5.90. The summed E-state index contributed by atoms with van der Waals surface area (Å²) < 4.78 is 2.21. The molecule has 1 fully saturated rings. The van der Waals surface area contributed by atoms with Gasteiger partial charge in [0.2, 0.25) is 0 Å². The van der Waals surface area contributed by atoms with Crippen molar-refractivity contribution in [1.82, 2.24) is 14.3 Å². The van der Waals surface area contributed by atoms with Crippen LogP contribution in [0.3, 0.4) is 0 Å². The number of hydrogen-bond donors (Lipinski definition) is 0. The number of imidazole rings is 1. The van der Waals surface area contributed by atoms with Crippen LogP contribution in [0.25, 0.3) is 5.65 Å². The number of aromatic nitrogens is 2. The van der Waals surface area contributed by atoms with Crippen LogP contribution in [-0.4, -0.2) is 26.9 Å². The number of hydrogen-bond acceptors (Lipinski definition) is 2. The molecule has 0 amide bonds. The van der Waals surface area contributed by atoms with Gasteiger partial charge in [0.25, 0.3) is 0 Å². The van der Waals surface area contributed by atoms with Gasteiger partial charge >= 0.3 is 0 Å². The van der Waals surface area contributed by atoms with E-state index in [0.717, 1.165) is 5.65 Å². The summed E-state index contributed by atoms with van der Waals surface area (Å²) in [7, 11) is 0. The molecule has 2 aromatic heterocycles. The number of pyridine rings is 1. The van der Waals surface area contributed by atoms with E-state index in [0.29, 0.717) is 12.1 Å². The molecule has 0 aliphatic carbocycles. The molecule has 1 aliphatic rings. The van der Waals surface area contributed by atoms with Crippen LogP contribution < -0.4 is 0 Å². The van der Waals surface area contributed by atoms with E-state index in [2.05, 4.69) is 54.5 Å². The minimum atomic E-state index is 0.494. The third kappa shape index (κ3) is 2.27. The minimum Gasteiger partial charge on any atom is -0.304 e. The summed E-state index contributed by atoms with van der Waals surface area (Å²) >= 11 is 0. The average molecular weight is 257 g/mol. The van der Waals surface area contributed by atoms with Gasteiger partial charge in [-0.25, -0.2) is 4.98 Å². The molecule has 3 heterocycles. The zero-order valence-electron chi connectivity index (χ0n) is 12.1. The van der Waals surface area contributed by atoms with Crippen LogP contribution in [0.5, 0.6) is 0 Å². The molecule has 0 saturated carbocycles. The Bertz CT molecular complexity index is 570. The van der Waals surface area contributed by atoms with E-state index in [9.17, 15) is 0 Å². The highest BCUT2D eigenvalue weighted by Crippen LogP contribution is 2.32. The van der Waals surface area contributed by atoms with Gasteiger partial charge in [-0.1, -0.05) is 12.5 Å². The molecule has 3 rings (SSSR count). The molecule has 102 valence electrons. The van der Waals surface area contributed by atoms with Gasteiger partial charge in [-0.3, -0.25) is 4.90 Å². The van der Waals surface area contributed by atoms with Crippen LogP contribution in [0.2, 0.25) is 0 Å². The summed E-state index contributed by atoms with van der Waals surface area (Å²) in [6.45, 7) is 7.92. The minimum absolute atomic E-state index is 0.494. The Morgan fingerprint density at radius 1 is 1.26 bits per heavy atom. The van der Waals surface area contributed by atoms with Crippen molar-refractivity contribution >= 4 is 5.65 Å². The molecule has 2 aromatic rings. The summed E-state index contributed by atoms with van der Waals surface area (Å²) in [6.07, 6.45) is 6.11. The third-order valence-electron chi connectivity index (χ3n) is 4.26. The van der Waals surface area contributed by atoms with Crippen LogP contribution >= 0.6 is 0 Å². The van der Waals surface area contributed by atoms with Crippen molar-refractivity contribution in [2.75, 3.05) is 6.54 Å². The van der Waals surface area contributed by atoms with E-state index in [1.807, 2.05) is 0 Å². The Morgan fingerprint density at radius 2 is 2.11 bits per heavy atom. The molecule has 0 spiro atoms. The molecule has 3 nitrogen and oxygen atoms in total. The van der Waals surface area contributed by atoms with Gasteiger partial charge in [-0.15, -0.1) is 0 Å². The Hall–Kier alpha value is -1.35. The number of fused-ring (bicyclic) bond motifs is 1. The van der Waals surface area contributed by atoms with Crippen molar-refractivity contribution < 1.29 is 0 Å². The second-order valence-electron chi connectivity index (χ2n) is 5.90. The van der Waals surface area contributed by atoms with Crippen molar-refractivity contribution in [1.29, 1.82) is 0 Å². The van der Waals surface area contributed by atoms with Crippen molar-refractivity contribution in [2.24, 2.45) is 0 Å². The first kappa shape index (κ1) is 12.7. The lowest BCUT2D eigenvalue weighted by atomic mass is 9.98. The van der Waals surface area contributed by atoms with Crippen molar-refractivity contribution in [3.8, 4) is 0 Å². The Kier molecular flexibility index (Phi) is 3.31. The maximum atomic E-state index is 4.85. The van der Waals surface area contributed by atoms with Crippen LogP contribution in [0.1, 0.15) is 50.5 Å². The fourth-order valence-corrected chi connectivity index (χ4v) is 3.22. The smallest absolute Gasteiger partial charge is 0.137 e. The first-order valence-electron chi connectivity index (χ1n) is 7.37. The molecule has 3 heteroatoms. The number of piperidine rings is 1. The van der Waals surface area contributed by atoms with E-state index in [4.69, 9.17) is 4.98 Å². The Labute approximate surface area is 115 Å². The van der Waals surface area contributed by atoms with Crippen LogP contribution in [0.15, 0.2) is 24.4 Å². The van der Waals surface area contributed by atoms with Crippen molar-refractivity contribution in [3.05, 3.63) is 35.8 Å². The third-order valence-corrected chi connectivity index (χ3v) is 4.26. The lowest BCUT2D eigenvalue weighted by molar-refractivity contribution is 0.109. The highest BCUT2D eigenvalue weighted by Gasteiger charge is 2.27. The standard InChI is InChI=1S/C16H23N3/c1-12(2)18-10-5-4-8-15(18)14-11-19-13(3)7-6-9-16(19)17-14/h6-7,9,11-12,15H,4-5,8,10H2,1-3H3. The van der Waals surface area contributed by atoms with Gasteiger partial charge < -0.3 is 4.40 Å². The van der Waals surface area contributed by atoms with Gasteiger partial charge in [0.15, 0.2) is 0 Å². The fourth-order valence-electron chi connectivity index (χ4n) is 3.22. The molecule has 0 aromatic carbocycles. The summed E-state index contributed by atoms with van der Waals surface area (Å²) in [5.41, 5.74) is 3.56. The van der Waals surface area contributed by atoms with Crippen LogP contribution in [0, 0.1) is 6.92 Å². The molecule has 0 bridgehead atoms. The SMILES string of the molecule is Cc1cccc2nc(C3CCCCN3C(C)C)cn12. The number of nitrogens with zero attached hydrogens (tertiary/aromatic N) is 3. The topological polar surface area (TPSA) is 20.5 Å². The van der Waals surface area contributed by atoms with E-state index >= 15 is 0 Å². The van der Waals surface area contributed by atoms with Crippen molar-refractivity contribution in [3.63, 3.8) is 0 Å². The monoisotopic (exact) mass is 257 g/mol. The van der Waals surface area contributed by atoms with Crippen LogP contribution in [0.4, 0.5) is 0 Å². The van der Waals surface area contributed by atoms with Gasteiger partial charge in [0, 0.05) is 17.9 Å². The number of aryl methyl sites for hydroxylation is 1. The normalized spacial score (nSPS) is 21.4. The second kappa shape index (κ2) is 4.97. The van der Waals surface area contributed by atoms with Crippen molar-refractivity contribution in [2.45, 2.75) is 52.1 Å². The highest BCUT2D eigenvalue weighted by molar-refractivity contribution is 5.42. The largest absolute Gasteiger partial charge is 0.304 e. The molecule has 1 unspecified atom stereocenters.